The molecule has 0 saturated heterocycles. The van der Waals surface area contributed by atoms with Crippen molar-refractivity contribution < 1.29 is 5.73 Å². The summed E-state index contributed by atoms with van der Waals surface area (Å²) >= 11 is 0. The van der Waals surface area contributed by atoms with Gasteiger partial charge in [-0.25, -0.2) is 0 Å². The van der Waals surface area contributed by atoms with Gasteiger partial charge in [0.2, 0.25) is 0 Å². The van der Waals surface area contributed by atoms with Crippen LogP contribution in [0, 0.1) is 0 Å². The second-order valence-corrected chi connectivity index (χ2v) is 2.60. The van der Waals surface area contributed by atoms with E-state index in [9.17, 15) is 0 Å². The zero-order chi connectivity index (χ0) is 7.40. The fourth-order valence-electron chi connectivity index (χ4n) is 0.948. The molecule has 1 aromatic carbocycles. The maximum Gasteiger partial charge on any atom is 0.0806 e. The molecule has 0 bridgehead atoms. The summed E-state index contributed by atoms with van der Waals surface area (Å²) < 4.78 is 0. The van der Waals surface area contributed by atoms with Crippen LogP contribution in [0.15, 0.2) is 30.3 Å². The quantitative estimate of drug-likeness (QED) is 0.629. The van der Waals surface area contributed by atoms with Crippen LogP contribution < -0.4 is 5.73 Å². The average Bonchev–Trinajstić information content (AvgIpc) is 2.05. The predicted molar refractivity (Wildman–Crippen MR) is 42.6 cm³/mol. The van der Waals surface area contributed by atoms with Crippen molar-refractivity contribution in [3.05, 3.63) is 35.9 Å². The summed E-state index contributed by atoms with van der Waals surface area (Å²) in [5, 5.41) is 0. The number of hydrogen-bond acceptors (Lipinski definition) is 0. The number of hydrogen-bond donors (Lipinski definition) is 1. The molecule has 54 valence electrons. The highest BCUT2D eigenvalue weighted by molar-refractivity contribution is 5.18. The van der Waals surface area contributed by atoms with Gasteiger partial charge in [-0.05, 0) is 5.56 Å². The minimum Gasteiger partial charge on any atom is -0.357 e. The summed E-state index contributed by atoms with van der Waals surface area (Å²) in [6.45, 7) is 3.17. The molecule has 0 saturated carbocycles. The molecule has 3 N–H and O–H groups in total. The van der Waals surface area contributed by atoms with Crippen molar-refractivity contribution >= 4 is 0 Å². The van der Waals surface area contributed by atoms with E-state index in [2.05, 4.69) is 36.9 Å². The van der Waals surface area contributed by atoms with Gasteiger partial charge in [0.15, 0.2) is 0 Å². The molecule has 1 aromatic rings. The molecule has 0 aliphatic heterocycles. The molecule has 10 heavy (non-hydrogen) atoms. The van der Waals surface area contributed by atoms with Crippen molar-refractivity contribution in [3.8, 4) is 0 Å². The van der Waals surface area contributed by atoms with E-state index in [1.165, 1.54) is 5.56 Å². The van der Waals surface area contributed by atoms with Crippen LogP contribution in [0.5, 0.6) is 0 Å². The lowest BCUT2D eigenvalue weighted by molar-refractivity contribution is -0.371. The van der Waals surface area contributed by atoms with Crippen LogP contribution in [-0.4, -0.2) is 6.54 Å². The van der Waals surface area contributed by atoms with E-state index in [0.717, 1.165) is 6.54 Å². The van der Waals surface area contributed by atoms with Gasteiger partial charge in [0, 0.05) is 5.92 Å². The lowest BCUT2D eigenvalue weighted by atomic mass is 10.0. The number of rotatable bonds is 2. The zero-order valence-electron chi connectivity index (χ0n) is 6.38. The monoisotopic (exact) mass is 136 g/mol. The maximum atomic E-state index is 3.86. The molecule has 0 unspecified atom stereocenters. The molecule has 0 heterocycles. The molecule has 0 aromatic heterocycles. The van der Waals surface area contributed by atoms with Gasteiger partial charge in [0.05, 0.1) is 6.54 Å². The Hall–Kier alpha value is -0.820. The highest BCUT2D eigenvalue weighted by Gasteiger charge is 2.01. The van der Waals surface area contributed by atoms with Crippen molar-refractivity contribution in [2.45, 2.75) is 12.8 Å². The number of quaternary nitrogens is 1. The summed E-state index contributed by atoms with van der Waals surface area (Å²) in [7, 11) is 0. The van der Waals surface area contributed by atoms with Crippen molar-refractivity contribution in [1.82, 2.24) is 0 Å². The lowest BCUT2D eigenvalue weighted by Gasteiger charge is -2.04. The summed E-state index contributed by atoms with van der Waals surface area (Å²) in [6.07, 6.45) is 0. The van der Waals surface area contributed by atoms with Crippen LogP contribution >= 0.6 is 0 Å². The van der Waals surface area contributed by atoms with Gasteiger partial charge in [0.25, 0.3) is 0 Å². The van der Waals surface area contributed by atoms with Crippen LogP contribution in [-0.2, 0) is 0 Å². The standard InChI is InChI=1S/C9H13N/c1-8(7-10)9-5-3-2-4-6-9/h2-6,8H,7,10H2,1H3/p+1/t8-/m1/s1. The van der Waals surface area contributed by atoms with E-state index in [1.807, 2.05) is 6.07 Å². The fraction of sp³-hybridized carbons (Fsp3) is 0.333. The minimum atomic E-state index is 0.598. The molecule has 0 aliphatic rings. The van der Waals surface area contributed by atoms with Crippen LogP contribution in [0.25, 0.3) is 0 Å². The summed E-state index contributed by atoms with van der Waals surface area (Å²) in [5.41, 5.74) is 5.25. The molecule has 1 rings (SSSR count). The molecule has 1 heteroatoms. The van der Waals surface area contributed by atoms with Crippen molar-refractivity contribution in [3.63, 3.8) is 0 Å². The van der Waals surface area contributed by atoms with E-state index in [4.69, 9.17) is 0 Å². The highest BCUT2D eigenvalue weighted by atomic mass is 14.5. The Morgan fingerprint density at radius 2 is 1.90 bits per heavy atom. The average molecular weight is 136 g/mol. The van der Waals surface area contributed by atoms with Gasteiger partial charge in [0.1, 0.15) is 0 Å². The molecule has 0 radical (unpaired) electrons. The number of benzene rings is 1. The maximum absolute atomic E-state index is 3.86. The summed E-state index contributed by atoms with van der Waals surface area (Å²) in [6, 6.07) is 10.5. The Morgan fingerprint density at radius 3 is 2.40 bits per heavy atom. The van der Waals surface area contributed by atoms with Crippen LogP contribution in [0.3, 0.4) is 0 Å². The molecule has 0 amide bonds. The fourth-order valence-corrected chi connectivity index (χ4v) is 0.948. The second kappa shape index (κ2) is 3.37. The SMILES string of the molecule is C[C@H](C[NH3+])c1ccccc1. The largest absolute Gasteiger partial charge is 0.357 e. The highest BCUT2D eigenvalue weighted by Crippen LogP contribution is 2.10. The van der Waals surface area contributed by atoms with Crippen LogP contribution in [0.2, 0.25) is 0 Å². The van der Waals surface area contributed by atoms with Gasteiger partial charge in [-0.15, -0.1) is 0 Å². The summed E-state index contributed by atoms with van der Waals surface area (Å²) in [4.78, 5) is 0. The third-order valence-corrected chi connectivity index (χ3v) is 1.80. The summed E-state index contributed by atoms with van der Waals surface area (Å²) in [5.74, 6) is 0.598. The first-order valence-electron chi connectivity index (χ1n) is 3.68. The van der Waals surface area contributed by atoms with Gasteiger partial charge in [-0.2, -0.15) is 0 Å². The Balaban J connectivity index is 2.75. The first kappa shape index (κ1) is 7.29. The van der Waals surface area contributed by atoms with E-state index >= 15 is 0 Å². The van der Waals surface area contributed by atoms with Crippen LogP contribution in [0.4, 0.5) is 0 Å². The predicted octanol–water partition coefficient (Wildman–Crippen LogP) is 1.03. The van der Waals surface area contributed by atoms with Crippen molar-refractivity contribution in [2.24, 2.45) is 0 Å². The Labute approximate surface area is 61.9 Å². The van der Waals surface area contributed by atoms with Gasteiger partial charge < -0.3 is 5.73 Å². The third-order valence-electron chi connectivity index (χ3n) is 1.80. The molecule has 0 aliphatic carbocycles. The molecule has 0 spiro atoms. The van der Waals surface area contributed by atoms with Gasteiger partial charge in [-0.3, -0.25) is 0 Å². The molecule has 1 atom stereocenters. The van der Waals surface area contributed by atoms with E-state index in [-0.39, 0.29) is 0 Å². The zero-order valence-corrected chi connectivity index (χ0v) is 6.38. The topological polar surface area (TPSA) is 27.6 Å². The van der Waals surface area contributed by atoms with Crippen molar-refractivity contribution in [1.29, 1.82) is 0 Å². The van der Waals surface area contributed by atoms with Crippen molar-refractivity contribution in [2.75, 3.05) is 6.54 Å². The molecule has 1 nitrogen and oxygen atoms in total. The second-order valence-electron chi connectivity index (χ2n) is 2.60. The third kappa shape index (κ3) is 1.58. The Morgan fingerprint density at radius 1 is 1.30 bits per heavy atom. The molecular formula is C9H14N+. The van der Waals surface area contributed by atoms with E-state index in [0.29, 0.717) is 5.92 Å². The Kier molecular flexibility index (Phi) is 2.46. The first-order chi connectivity index (χ1) is 4.84. The molecule has 0 fully saturated rings. The van der Waals surface area contributed by atoms with Gasteiger partial charge >= 0.3 is 0 Å². The lowest BCUT2D eigenvalue weighted by Crippen LogP contribution is -2.52. The first-order valence-corrected chi connectivity index (χ1v) is 3.68. The van der Waals surface area contributed by atoms with E-state index < -0.39 is 0 Å². The van der Waals surface area contributed by atoms with E-state index in [1.54, 1.807) is 0 Å². The Bertz CT molecular complexity index is 181. The normalized spacial score (nSPS) is 13.0. The van der Waals surface area contributed by atoms with Crippen LogP contribution in [0.1, 0.15) is 18.4 Å². The smallest absolute Gasteiger partial charge is 0.0806 e. The minimum absolute atomic E-state index is 0.598. The molecular weight excluding hydrogens is 122 g/mol. The van der Waals surface area contributed by atoms with Gasteiger partial charge in [-0.1, -0.05) is 37.3 Å².